The molecular weight excluding hydrogens is 615 g/mol. The lowest BCUT2D eigenvalue weighted by Crippen LogP contribution is -2.77. The third-order valence-corrected chi connectivity index (χ3v) is 4.12. The summed E-state index contributed by atoms with van der Waals surface area (Å²) in [5, 5.41) is 0. The number of ketones is 1. The predicted octanol–water partition coefficient (Wildman–Crippen LogP) is 6.75. The van der Waals surface area contributed by atoms with Crippen molar-refractivity contribution in [1.29, 1.82) is 0 Å². The smallest absolute Gasteiger partial charge is 0.396 e. The van der Waals surface area contributed by atoms with Gasteiger partial charge in [-0.3, -0.25) is 9.59 Å². The fourth-order valence-electron chi connectivity index (χ4n) is 1.99. The third kappa shape index (κ3) is 4.68. The molecule has 0 radical (unpaired) electrons. The lowest BCUT2D eigenvalue weighted by atomic mass is 9.87. The minimum absolute atomic E-state index is 0.293. The molecule has 0 amide bonds. The second kappa shape index (κ2) is 9.11. The van der Waals surface area contributed by atoms with Crippen LogP contribution in [0.2, 0.25) is 0 Å². The Morgan fingerprint density at radius 2 is 0.684 bits per heavy atom. The number of carbonyl (C=O) groups is 2. The molecule has 0 aliphatic carbocycles. The molecule has 0 spiro atoms. The molecule has 38 heavy (non-hydrogen) atoms. The molecule has 0 atom stereocenters. The molecule has 0 rings (SSSR count). The number of ether oxygens (including phenoxy) is 1. The standard InChI is InChI=1S/C14H5F21O3/c1-3(36)2-4(37)38-14(34,35)12(29,30)10(25,26)8(21,22)6(17,18)5(15,16)7(19,20)9(23,24)11(27,28)13(31,32)33/h2H2,1H3. The highest BCUT2D eigenvalue weighted by Gasteiger charge is 2.98. The van der Waals surface area contributed by atoms with E-state index in [1.165, 1.54) is 0 Å². The quantitative estimate of drug-likeness (QED) is 0.146. The van der Waals surface area contributed by atoms with Gasteiger partial charge in [-0.2, -0.15) is 92.2 Å². The van der Waals surface area contributed by atoms with E-state index in [-0.39, 0.29) is 0 Å². The van der Waals surface area contributed by atoms with Gasteiger partial charge in [-0.25, -0.2) is 0 Å². The molecule has 0 saturated carbocycles. The number of carbonyl (C=O) groups excluding carboxylic acids is 2. The van der Waals surface area contributed by atoms with Crippen molar-refractivity contribution in [1.82, 2.24) is 0 Å². The van der Waals surface area contributed by atoms with Gasteiger partial charge in [0.2, 0.25) is 0 Å². The molecule has 0 bridgehead atoms. The molecule has 0 aromatic rings. The molecule has 0 heterocycles. The lowest BCUT2D eigenvalue weighted by molar-refractivity contribution is -0.482. The van der Waals surface area contributed by atoms with E-state index in [2.05, 4.69) is 4.74 Å². The number of hydrogen-bond donors (Lipinski definition) is 0. The van der Waals surface area contributed by atoms with Crippen molar-refractivity contribution in [2.24, 2.45) is 0 Å². The Morgan fingerprint density at radius 3 is 0.921 bits per heavy atom. The molecule has 0 aliphatic rings. The summed E-state index contributed by atoms with van der Waals surface area (Å²) < 4.78 is 277. The fraction of sp³-hybridized carbons (Fsp3) is 0.857. The van der Waals surface area contributed by atoms with Crippen LogP contribution in [0, 0.1) is 0 Å². The van der Waals surface area contributed by atoms with Gasteiger partial charge in [-0.05, 0) is 6.92 Å². The van der Waals surface area contributed by atoms with Crippen LogP contribution in [0.25, 0.3) is 0 Å². The molecule has 3 nitrogen and oxygen atoms in total. The van der Waals surface area contributed by atoms with Crippen molar-refractivity contribution in [2.75, 3.05) is 0 Å². The number of Topliss-reactive ketones (excluding diaryl/α,β-unsaturated/α-hetero) is 1. The summed E-state index contributed by atoms with van der Waals surface area (Å²) in [5.74, 6) is -76.3. The highest BCUT2D eigenvalue weighted by atomic mass is 19.4. The average molecular weight is 620 g/mol. The molecule has 0 N–H and O–H groups in total. The average Bonchev–Trinajstić information content (AvgIpc) is 2.64. The number of halogens is 21. The summed E-state index contributed by atoms with van der Waals surface area (Å²) in [6.07, 6.45) is -17.6. The van der Waals surface area contributed by atoms with Gasteiger partial charge in [-0.15, -0.1) is 0 Å². The highest BCUT2D eigenvalue weighted by molar-refractivity contribution is 5.94. The van der Waals surface area contributed by atoms with E-state index in [9.17, 15) is 102 Å². The Morgan fingerprint density at radius 1 is 0.447 bits per heavy atom. The molecular formula is C14H5F21O3. The Bertz CT molecular complexity index is 915. The van der Waals surface area contributed by atoms with Gasteiger partial charge in [-0.1, -0.05) is 0 Å². The second-order valence-corrected chi connectivity index (χ2v) is 6.96. The van der Waals surface area contributed by atoms with Crippen LogP contribution in [-0.4, -0.2) is 71.4 Å². The monoisotopic (exact) mass is 620 g/mol. The summed E-state index contributed by atoms with van der Waals surface area (Å²) >= 11 is 0. The number of rotatable bonds is 11. The van der Waals surface area contributed by atoms with Gasteiger partial charge in [0, 0.05) is 0 Å². The first-order valence-corrected chi connectivity index (χ1v) is 8.24. The Kier molecular flexibility index (Phi) is 8.56. The van der Waals surface area contributed by atoms with Crippen molar-refractivity contribution in [3.63, 3.8) is 0 Å². The van der Waals surface area contributed by atoms with Gasteiger partial charge in [0.05, 0.1) is 0 Å². The summed E-state index contributed by atoms with van der Waals surface area (Å²) in [6, 6.07) is 0. The summed E-state index contributed by atoms with van der Waals surface area (Å²) in [4.78, 5) is 21.2. The SMILES string of the molecule is CC(=O)CC(=O)OC(F)(F)C(F)(F)C(F)(F)C(F)(F)C(F)(F)C(F)(F)C(F)(F)C(F)(F)C(F)(F)C(F)(F)F. The topological polar surface area (TPSA) is 43.4 Å². The number of esters is 1. The summed E-state index contributed by atoms with van der Waals surface area (Å²) in [7, 11) is 0. The summed E-state index contributed by atoms with van der Waals surface area (Å²) in [5.41, 5.74) is 0. The maximum Gasteiger partial charge on any atom is 0.473 e. The molecule has 0 saturated heterocycles. The van der Waals surface area contributed by atoms with Crippen molar-refractivity contribution in [2.45, 2.75) is 73.0 Å². The molecule has 226 valence electrons. The maximum atomic E-state index is 13.5. The van der Waals surface area contributed by atoms with Crippen LogP contribution in [0.3, 0.4) is 0 Å². The molecule has 0 aromatic heterocycles. The van der Waals surface area contributed by atoms with Crippen molar-refractivity contribution < 1.29 is 107 Å². The van der Waals surface area contributed by atoms with E-state index in [0.29, 0.717) is 6.92 Å². The number of hydrogen-bond acceptors (Lipinski definition) is 3. The molecule has 0 fully saturated rings. The Hall–Kier alpha value is -2.33. The maximum absolute atomic E-state index is 13.5. The van der Waals surface area contributed by atoms with Crippen LogP contribution in [0.4, 0.5) is 92.2 Å². The first kappa shape index (κ1) is 35.7. The summed E-state index contributed by atoms with van der Waals surface area (Å²) in [6.45, 7) is 0.293. The lowest BCUT2D eigenvalue weighted by Gasteiger charge is -2.44. The minimum Gasteiger partial charge on any atom is -0.396 e. The van der Waals surface area contributed by atoms with Gasteiger partial charge < -0.3 is 4.74 Å². The van der Waals surface area contributed by atoms with Crippen molar-refractivity contribution in [3.05, 3.63) is 0 Å². The van der Waals surface area contributed by atoms with Crippen molar-refractivity contribution in [3.8, 4) is 0 Å². The molecule has 0 unspecified atom stereocenters. The van der Waals surface area contributed by atoms with E-state index in [1.54, 1.807) is 0 Å². The zero-order chi connectivity index (χ0) is 31.6. The second-order valence-electron chi connectivity index (χ2n) is 6.96. The van der Waals surface area contributed by atoms with Crippen molar-refractivity contribution >= 4 is 11.8 Å². The van der Waals surface area contributed by atoms with Crippen LogP contribution >= 0.6 is 0 Å². The largest absolute Gasteiger partial charge is 0.473 e. The van der Waals surface area contributed by atoms with Crippen LogP contribution in [0.1, 0.15) is 13.3 Å². The van der Waals surface area contributed by atoms with E-state index in [4.69, 9.17) is 0 Å². The van der Waals surface area contributed by atoms with Gasteiger partial charge in [0.1, 0.15) is 12.2 Å². The minimum atomic E-state index is -9.29. The van der Waals surface area contributed by atoms with Crippen LogP contribution in [0.15, 0.2) is 0 Å². The third-order valence-electron chi connectivity index (χ3n) is 4.12. The normalized spacial score (nSPS) is 15.9. The zero-order valence-corrected chi connectivity index (χ0v) is 16.9. The van der Waals surface area contributed by atoms with E-state index in [1.807, 2.05) is 0 Å². The molecule has 24 heteroatoms. The highest BCUT2D eigenvalue weighted by Crippen LogP contribution is 2.66. The first-order valence-electron chi connectivity index (χ1n) is 8.24. The van der Waals surface area contributed by atoms with Gasteiger partial charge in [0.15, 0.2) is 0 Å². The molecule has 0 aromatic carbocycles. The zero-order valence-electron chi connectivity index (χ0n) is 16.9. The van der Waals surface area contributed by atoms with Crippen LogP contribution in [0.5, 0.6) is 0 Å². The van der Waals surface area contributed by atoms with Crippen LogP contribution in [-0.2, 0) is 14.3 Å². The first-order chi connectivity index (χ1) is 16.1. The van der Waals surface area contributed by atoms with Gasteiger partial charge >= 0.3 is 65.6 Å². The predicted molar refractivity (Wildman–Crippen MR) is 72.0 cm³/mol. The van der Waals surface area contributed by atoms with Crippen LogP contribution < -0.4 is 0 Å². The number of alkyl halides is 21. The van der Waals surface area contributed by atoms with E-state index in [0.717, 1.165) is 0 Å². The Balaban J connectivity index is 6.97. The Labute approximate surface area is 192 Å². The van der Waals surface area contributed by atoms with E-state index >= 15 is 0 Å². The molecule has 0 aliphatic heterocycles. The van der Waals surface area contributed by atoms with Gasteiger partial charge in [0.25, 0.3) is 0 Å². The fourth-order valence-corrected chi connectivity index (χ4v) is 1.99. The van der Waals surface area contributed by atoms with E-state index < -0.39 is 77.8 Å².